The fourth-order valence-electron chi connectivity index (χ4n) is 2.97. The Morgan fingerprint density at radius 1 is 1.33 bits per heavy atom. The second-order valence-corrected chi connectivity index (χ2v) is 5.98. The zero-order chi connectivity index (χ0) is 13.5. The van der Waals surface area contributed by atoms with Crippen LogP contribution in [-0.4, -0.2) is 18.5 Å². The van der Waals surface area contributed by atoms with Crippen LogP contribution in [-0.2, 0) is 4.79 Å². The van der Waals surface area contributed by atoms with Crippen molar-refractivity contribution in [1.29, 1.82) is 0 Å². The Balaban J connectivity index is 2.25. The Labute approximate surface area is 112 Å². The third-order valence-electron chi connectivity index (χ3n) is 4.74. The van der Waals surface area contributed by atoms with E-state index in [4.69, 9.17) is 5.73 Å². The van der Waals surface area contributed by atoms with Gasteiger partial charge in [-0.3, -0.25) is 4.79 Å². The summed E-state index contributed by atoms with van der Waals surface area (Å²) in [5.41, 5.74) is 5.58. The van der Waals surface area contributed by atoms with Crippen molar-refractivity contribution in [3.05, 3.63) is 0 Å². The molecule has 1 saturated carbocycles. The first-order chi connectivity index (χ1) is 8.58. The minimum Gasteiger partial charge on any atom is -0.353 e. The third-order valence-corrected chi connectivity index (χ3v) is 4.74. The lowest BCUT2D eigenvalue weighted by atomic mass is 9.95. The summed E-state index contributed by atoms with van der Waals surface area (Å²) >= 11 is 0. The number of carbonyl (C=O) groups is 1. The zero-order valence-corrected chi connectivity index (χ0v) is 12.2. The maximum atomic E-state index is 11.9. The number of nitrogens with two attached hydrogens (primary N) is 1. The molecule has 1 amide bonds. The van der Waals surface area contributed by atoms with Crippen molar-refractivity contribution in [2.75, 3.05) is 6.54 Å². The van der Waals surface area contributed by atoms with Gasteiger partial charge in [0.25, 0.3) is 0 Å². The molecule has 106 valence electrons. The lowest BCUT2D eigenvalue weighted by Crippen LogP contribution is -2.37. The second-order valence-electron chi connectivity index (χ2n) is 5.98. The van der Waals surface area contributed by atoms with Gasteiger partial charge in [0.15, 0.2) is 0 Å². The lowest BCUT2D eigenvalue weighted by molar-refractivity contribution is -0.122. The average Bonchev–Trinajstić information content (AvgIpc) is 2.66. The second kappa shape index (κ2) is 7.78. The average molecular weight is 254 g/mol. The van der Waals surface area contributed by atoms with Crippen molar-refractivity contribution >= 4 is 5.91 Å². The van der Waals surface area contributed by atoms with Gasteiger partial charge in [-0.05, 0) is 50.0 Å². The van der Waals surface area contributed by atoms with Crippen LogP contribution < -0.4 is 11.1 Å². The van der Waals surface area contributed by atoms with Gasteiger partial charge in [0, 0.05) is 12.5 Å². The summed E-state index contributed by atoms with van der Waals surface area (Å²) in [7, 11) is 0. The van der Waals surface area contributed by atoms with E-state index in [1.165, 1.54) is 6.42 Å². The van der Waals surface area contributed by atoms with Gasteiger partial charge in [0.05, 0.1) is 0 Å². The molecule has 1 fully saturated rings. The van der Waals surface area contributed by atoms with E-state index in [1.54, 1.807) is 0 Å². The van der Waals surface area contributed by atoms with Gasteiger partial charge in [0.1, 0.15) is 0 Å². The molecule has 18 heavy (non-hydrogen) atoms. The van der Waals surface area contributed by atoms with E-state index in [9.17, 15) is 4.79 Å². The van der Waals surface area contributed by atoms with Gasteiger partial charge in [0.2, 0.25) is 5.91 Å². The fraction of sp³-hybridized carbons (Fsp3) is 0.933. The number of amides is 1. The molecule has 0 aromatic heterocycles. The van der Waals surface area contributed by atoms with E-state index >= 15 is 0 Å². The largest absolute Gasteiger partial charge is 0.353 e. The predicted molar refractivity (Wildman–Crippen MR) is 76.2 cm³/mol. The Bertz CT molecular complexity index is 255. The molecule has 4 atom stereocenters. The molecule has 3 nitrogen and oxygen atoms in total. The summed E-state index contributed by atoms with van der Waals surface area (Å²) in [6.07, 6.45) is 6.21. The summed E-state index contributed by atoms with van der Waals surface area (Å²) in [6.45, 7) is 7.45. The molecule has 0 spiro atoms. The molecule has 1 aliphatic rings. The summed E-state index contributed by atoms with van der Waals surface area (Å²) in [5, 5.41) is 3.21. The van der Waals surface area contributed by atoms with Crippen LogP contribution in [0.3, 0.4) is 0 Å². The highest BCUT2D eigenvalue weighted by atomic mass is 16.1. The zero-order valence-electron chi connectivity index (χ0n) is 12.2. The normalized spacial score (nSPS) is 29.2. The Morgan fingerprint density at radius 2 is 2.06 bits per heavy atom. The van der Waals surface area contributed by atoms with Gasteiger partial charge < -0.3 is 11.1 Å². The summed E-state index contributed by atoms with van der Waals surface area (Å²) < 4.78 is 0. The van der Waals surface area contributed by atoms with E-state index < -0.39 is 0 Å². The number of carbonyl (C=O) groups excluding carboxylic acids is 1. The summed E-state index contributed by atoms with van der Waals surface area (Å²) in [5.74, 6) is 2.22. The molecule has 0 radical (unpaired) electrons. The fourth-order valence-corrected chi connectivity index (χ4v) is 2.97. The number of rotatable bonds is 7. The summed E-state index contributed by atoms with van der Waals surface area (Å²) in [6, 6.07) is 0.405. The highest BCUT2D eigenvalue weighted by Crippen LogP contribution is 2.31. The van der Waals surface area contributed by atoms with Gasteiger partial charge in [-0.1, -0.05) is 27.2 Å². The SMILES string of the molecule is CCC(CCN)CCC(=O)NC1CCC(C)C1C. The van der Waals surface area contributed by atoms with Crippen LogP contribution in [0, 0.1) is 17.8 Å². The highest BCUT2D eigenvalue weighted by Gasteiger charge is 2.30. The van der Waals surface area contributed by atoms with Crippen molar-refractivity contribution in [3.8, 4) is 0 Å². The number of hydrogen-bond acceptors (Lipinski definition) is 2. The molecule has 0 aliphatic heterocycles. The van der Waals surface area contributed by atoms with E-state index in [-0.39, 0.29) is 5.91 Å². The van der Waals surface area contributed by atoms with E-state index in [0.717, 1.165) is 38.1 Å². The minimum absolute atomic E-state index is 0.233. The van der Waals surface area contributed by atoms with Crippen LogP contribution in [0.2, 0.25) is 0 Å². The van der Waals surface area contributed by atoms with Crippen LogP contribution >= 0.6 is 0 Å². The standard InChI is InChI=1S/C15H30N2O/c1-4-13(9-10-16)6-8-15(18)17-14-7-5-11(2)12(14)3/h11-14H,4-10,16H2,1-3H3,(H,17,18). The van der Waals surface area contributed by atoms with Crippen LogP contribution in [0.15, 0.2) is 0 Å². The van der Waals surface area contributed by atoms with Gasteiger partial charge in [-0.25, -0.2) is 0 Å². The first-order valence-electron chi connectivity index (χ1n) is 7.57. The summed E-state index contributed by atoms with van der Waals surface area (Å²) in [4.78, 5) is 11.9. The van der Waals surface area contributed by atoms with Crippen molar-refractivity contribution < 1.29 is 4.79 Å². The van der Waals surface area contributed by atoms with Crippen molar-refractivity contribution in [1.82, 2.24) is 5.32 Å². The highest BCUT2D eigenvalue weighted by molar-refractivity contribution is 5.76. The molecule has 0 heterocycles. The van der Waals surface area contributed by atoms with E-state index in [2.05, 4.69) is 26.1 Å². The molecular formula is C15H30N2O. The molecule has 3 heteroatoms. The smallest absolute Gasteiger partial charge is 0.220 e. The van der Waals surface area contributed by atoms with Crippen LogP contribution in [0.1, 0.15) is 59.3 Å². The molecule has 1 aliphatic carbocycles. The van der Waals surface area contributed by atoms with E-state index in [0.29, 0.717) is 24.3 Å². The van der Waals surface area contributed by atoms with E-state index in [1.807, 2.05) is 0 Å². The third kappa shape index (κ3) is 4.60. The van der Waals surface area contributed by atoms with Crippen molar-refractivity contribution in [2.45, 2.75) is 65.3 Å². The molecular weight excluding hydrogens is 224 g/mol. The molecule has 0 aromatic carbocycles. The Morgan fingerprint density at radius 3 is 2.56 bits per heavy atom. The maximum absolute atomic E-state index is 11.9. The van der Waals surface area contributed by atoms with Crippen LogP contribution in [0.4, 0.5) is 0 Å². The van der Waals surface area contributed by atoms with Gasteiger partial charge in [-0.15, -0.1) is 0 Å². The Kier molecular flexibility index (Phi) is 6.69. The lowest BCUT2D eigenvalue weighted by Gasteiger charge is -2.20. The van der Waals surface area contributed by atoms with Gasteiger partial charge >= 0.3 is 0 Å². The molecule has 0 aromatic rings. The topological polar surface area (TPSA) is 55.1 Å². The Hall–Kier alpha value is -0.570. The van der Waals surface area contributed by atoms with Crippen molar-refractivity contribution in [3.63, 3.8) is 0 Å². The maximum Gasteiger partial charge on any atom is 0.220 e. The predicted octanol–water partition coefficient (Wildman–Crippen LogP) is 2.69. The first-order valence-corrected chi connectivity index (χ1v) is 7.57. The number of nitrogens with one attached hydrogen (secondary N) is 1. The molecule has 1 rings (SSSR count). The molecule has 0 bridgehead atoms. The first kappa shape index (κ1) is 15.5. The van der Waals surface area contributed by atoms with Gasteiger partial charge in [-0.2, -0.15) is 0 Å². The molecule has 4 unspecified atom stereocenters. The quantitative estimate of drug-likeness (QED) is 0.734. The minimum atomic E-state index is 0.233. The van der Waals surface area contributed by atoms with Crippen LogP contribution in [0.25, 0.3) is 0 Å². The van der Waals surface area contributed by atoms with Crippen molar-refractivity contribution in [2.24, 2.45) is 23.5 Å². The monoisotopic (exact) mass is 254 g/mol. The molecule has 3 N–H and O–H groups in total. The van der Waals surface area contributed by atoms with Crippen LogP contribution in [0.5, 0.6) is 0 Å². The molecule has 0 saturated heterocycles. The number of hydrogen-bond donors (Lipinski definition) is 2.